The van der Waals surface area contributed by atoms with Gasteiger partial charge in [-0.05, 0) is 29.8 Å². The number of carbonyl (C=O) groups excluding carboxylic acids is 1. The fourth-order valence-electron chi connectivity index (χ4n) is 1.61. The summed E-state index contributed by atoms with van der Waals surface area (Å²) in [6.07, 6.45) is -0.191. The summed E-state index contributed by atoms with van der Waals surface area (Å²) in [5, 5.41) is 8.86. The van der Waals surface area contributed by atoms with Crippen molar-refractivity contribution in [2.24, 2.45) is 0 Å². The van der Waals surface area contributed by atoms with E-state index in [1.807, 2.05) is 6.07 Å². The van der Waals surface area contributed by atoms with E-state index in [1.54, 1.807) is 12.1 Å². The highest BCUT2D eigenvalue weighted by Crippen LogP contribution is 2.25. The molecule has 0 bridgehead atoms. The van der Waals surface area contributed by atoms with Gasteiger partial charge in [-0.2, -0.15) is 5.26 Å². The summed E-state index contributed by atoms with van der Waals surface area (Å²) in [5.41, 5.74) is 0.617. The first-order chi connectivity index (χ1) is 9.60. The van der Waals surface area contributed by atoms with Crippen LogP contribution in [0.5, 0.6) is 5.75 Å². The van der Waals surface area contributed by atoms with Gasteiger partial charge in [0.25, 0.3) is 0 Å². The first-order valence-electron chi connectivity index (χ1n) is 5.74. The van der Waals surface area contributed by atoms with Gasteiger partial charge in [0.05, 0.1) is 23.1 Å². The van der Waals surface area contributed by atoms with E-state index in [0.717, 1.165) is 0 Å². The van der Waals surface area contributed by atoms with Crippen molar-refractivity contribution >= 4 is 17.6 Å². The molecule has 0 atom stereocenters. The number of hydrogen-bond acceptors (Lipinski definition) is 3. The molecule has 0 spiro atoms. The zero-order valence-corrected chi connectivity index (χ0v) is 11.0. The summed E-state index contributed by atoms with van der Waals surface area (Å²) in [4.78, 5) is 11.7. The highest BCUT2D eigenvalue weighted by molar-refractivity contribution is 6.32. The Morgan fingerprint density at radius 3 is 2.70 bits per heavy atom. The molecule has 0 aliphatic rings. The quantitative estimate of drug-likeness (QED) is 0.642. The highest BCUT2D eigenvalue weighted by atomic mass is 35.5. The summed E-state index contributed by atoms with van der Waals surface area (Å²) < 4.78 is 18.5. The van der Waals surface area contributed by atoms with Crippen LogP contribution in [-0.2, 0) is 11.2 Å². The Balaban J connectivity index is 2.09. The van der Waals surface area contributed by atoms with Gasteiger partial charge in [-0.1, -0.05) is 29.8 Å². The number of rotatable bonds is 3. The molecule has 0 aliphatic carbocycles. The number of halogens is 2. The summed E-state index contributed by atoms with van der Waals surface area (Å²) >= 11 is 5.88. The van der Waals surface area contributed by atoms with Gasteiger partial charge >= 0.3 is 5.97 Å². The van der Waals surface area contributed by atoms with E-state index in [9.17, 15) is 9.18 Å². The minimum atomic E-state index is -0.623. The Morgan fingerprint density at radius 2 is 2.05 bits per heavy atom. The molecular weight excluding hydrogens is 281 g/mol. The largest absolute Gasteiger partial charge is 0.425 e. The highest BCUT2D eigenvalue weighted by Gasteiger charge is 2.12. The molecule has 0 radical (unpaired) electrons. The molecule has 5 heteroatoms. The molecule has 2 aromatic rings. The molecule has 0 aliphatic heterocycles. The molecular formula is C15H9ClFNO2. The van der Waals surface area contributed by atoms with Gasteiger partial charge in [-0.25, -0.2) is 4.39 Å². The Kier molecular flexibility index (Phi) is 4.34. The van der Waals surface area contributed by atoms with Crippen LogP contribution in [0.4, 0.5) is 4.39 Å². The topological polar surface area (TPSA) is 50.1 Å². The molecule has 0 aromatic heterocycles. The Hall–Kier alpha value is -2.38. The molecule has 0 saturated carbocycles. The van der Waals surface area contributed by atoms with Gasteiger partial charge in [-0.15, -0.1) is 0 Å². The molecule has 20 heavy (non-hydrogen) atoms. The van der Waals surface area contributed by atoms with Crippen LogP contribution in [0, 0.1) is 17.1 Å². The molecule has 0 unspecified atom stereocenters. The predicted octanol–water partition coefficient (Wildman–Crippen LogP) is 3.50. The van der Waals surface area contributed by atoms with Gasteiger partial charge in [0.15, 0.2) is 0 Å². The molecule has 3 nitrogen and oxygen atoms in total. The third-order valence-electron chi connectivity index (χ3n) is 2.58. The van der Waals surface area contributed by atoms with Crippen molar-refractivity contribution in [1.82, 2.24) is 0 Å². The van der Waals surface area contributed by atoms with E-state index in [0.29, 0.717) is 5.56 Å². The minimum Gasteiger partial charge on any atom is -0.425 e. The van der Waals surface area contributed by atoms with Crippen molar-refractivity contribution in [2.75, 3.05) is 0 Å². The number of nitrogens with zero attached hydrogens (tertiary/aromatic N) is 1. The number of benzene rings is 2. The van der Waals surface area contributed by atoms with Crippen LogP contribution in [0.1, 0.15) is 11.1 Å². The van der Waals surface area contributed by atoms with E-state index in [1.165, 1.54) is 30.3 Å². The maximum absolute atomic E-state index is 13.4. The third-order valence-corrected chi connectivity index (χ3v) is 2.87. The molecule has 0 fully saturated rings. The predicted molar refractivity (Wildman–Crippen MR) is 71.9 cm³/mol. The Morgan fingerprint density at radius 1 is 1.30 bits per heavy atom. The van der Waals surface area contributed by atoms with Gasteiger partial charge in [0, 0.05) is 0 Å². The van der Waals surface area contributed by atoms with Crippen molar-refractivity contribution in [3.8, 4) is 11.8 Å². The second-order valence-electron chi connectivity index (χ2n) is 4.00. The van der Waals surface area contributed by atoms with Crippen molar-refractivity contribution < 1.29 is 13.9 Å². The Bertz CT molecular complexity index is 695. The van der Waals surface area contributed by atoms with Gasteiger partial charge in [0.2, 0.25) is 0 Å². The van der Waals surface area contributed by atoms with E-state index >= 15 is 0 Å². The average Bonchev–Trinajstić information content (AvgIpc) is 2.43. The Labute approximate surface area is 120 Å². The molecule has 100 valence electrons. The fourth-order valence-corrected chi connectivity index (χ4v) is 1.83. The van der Waals surface area contributed by atoms with E-state index in [-0.39, 0.29) is 22.8 Å². The van der Waals surface area contributed by atoms with Crippen LogP contribution in [0.3, 0.4) is 0 Å². The molecule has 0 saturated heterocycles. The van der Waals surface area contributed by atoms with Crippen LogP contribution < -0.4 is 4.74 Å². The SMILES string of the molecule is N#Cc1ccc(OC(=O)Cc2ccccc2F)c(Cl)c1. The van der Waals surface area contributed by atoms with Crippen LogP contribution in [-0.4, -0.2) is 5.97 Å². The molecule has 2 rings (SSSR count). The number of ether oxygens (including phenoxy) is 1. The lowest BCUT2D eigenvalue weighted by Gasteiger charge is -2.07. The first kappa shape index (κ1) is 14.0. The van der Waals surface area contributed by atoms with Crippen molar-refractivity contribution in [2.45, 2.75) is 6.42 Å². The minimum absolute atomic E-state index is 0.145. The standard InChI is InChI=1S/C15H9ClFNO2/c16-12-7-10(9-18)5-6-14(12)20-15(19)8-11-3-1-2-4-13(11)17/h1-7H,8H2. The van der Waals surface area contributed by atoms with E-state index in [4.69, 9.17) is 21.6 Å². The average molecular weight is 290 g/mol. The zero-order valence-electron chi connectivity index (χ0n) is 10.3. The molecule has 2 aromatic carbocycles. The third kappa shape index (κ3) is 3.34. The maximum Gasteiger partial charge on any atom is 0.315 e. The monoisotopic (exact) mass is 289 g/mol. The van der Waals surface area contributed by atoms with Crippen molar-refractivity contribution in [3.05, 3.63) is 64.4 Å². The number of carbonyl (C=O) groups is 1. The van der Waals surface area contributed by atoms with E-state index in [2.05, 4.69) is 0 Å². The van der Waals surface area contributed by atoms with Gasteiger partial charge in [-0.3, -0.25) is 4.79 Å². The van der Waals surface area contributed by atoms with Crippen molar-refractivity contribution in [3.63, 3.8) is 0 Å². The fraction of sp³-hybridized carbons (Fsp3) is 0.0667. The van der Waals surface area contributed by atoms with E-state index < -0.39 is 11.8 Å². The summed E-state index contributed by atoms with van der Waals surface area (Å²) in [7, 11) is 0. The smallest absolute Gasteiger partial charge is 0.315 e. The summed E-state index contributed by atoms with van der Waals surface area (Å²) in [6, 6.07) is 12.2. The maximum atomic E-state index is 13.4. The molecule has 0 N–H and O–H groups in total. The molecule has 0 heterocycles. The van der Waals surface area contributed by atoms with Crippen LogP contribution in [0.15, 0.2) is 42.5 Å². The second-order valence-corrected chi connectivity index (χ2v) is 4.41. The van der Waals surface area contributed by atoms with Crippen LogP contribution in [0.2, 0.25) is 5.02 Å². The number of hydrogen-bond donors (Lipinski definition) is 0. The zero-order chi connectivity index (χ0) is 14.5. The number of nitriles is 1. The molecule has 0 amide bonds. The van der Waals surface area contributed by atoms with Crippen LogP contribution in [0.25, 0.3) is 0 Å². The lowest BCUT2D eigenvalue weighted by Crippen LogP contribution is -2.12. The second kappa shape index (κ2) is 6.18. The lowest BCUT2D eigenvalue weighted by molar-refractivity contribution is -0.133. The number of esters is 1. The normalized spacial score (nSPS) is 9.85. The van der Waals surface area contributed by atoms with Gasteiger partial charge in [0.1, 0.15) is 11.6 Å². The van der Waals surface area contributed by atoms with Crippen molar-refractivity contribution in [1.29, 1.82) is 5.26 Å². The van der Waals surface area contributed by atoms with Crippen LogP contribution >= 0.6 is 11.6 Å². The summed E-state index contributed by atoms with van der Waals surface area (Å²) in [5.74, 6) is -0.941. The van der Waals surface area contributed by atoms with Gasteiger partial charge < -0.3 is 4.74 Å². The summed E-state index contributed by atoms with van der Waals surface area (Å²) in [6.45, 7) is 0. The first-order valence-corrected chi connectivity index (χ1v) is 6.11. The lowest BCUT2D eigenvalue weighted by atomic mass is 10.1.